The number of nitrogens with zero attached hydrogens (tertiary/aromatic N) is 2. The van der Waals surface area contributed by atoms with Crippen LogP contribution >= 0.6 is 0 Å². The average Bonchev–Trinajstić information content (AvgIpc) is 3.45. The third kappa shape index (κ3) is 6.06. The second-order valence-electron chi connectivity index (χ2n) is 9.81. The van der Waals surface area contributed by atoms with Gasteiger partial charge in [0, 0.05) is 13.0 Å². The van der Waals surface area contributed by atoms with Crippen LogP contribution in [0, 0.1) is 5.82 Å². The number of rotatable bonds is 9. The molecular formula is C29H32FN3O5. The van der Waals surface area contributed by atoms with Gasteiger partial charge in [-0.2, -0.15) is 0 Å². The predicted octanol–water partition coefficient (Wildman–Crippen LogP) is 3.83. The minimum absolute atomic E-state index is 0.0231. The molecule has 0 saturated carbocycles. The number of halogens is 1. The van der Waals surface area contributed by atoms with Crippen LogP contribution in [0.25, 0.3) is 10.8 Å². The molecule has 1 amide bonds. The van der Waals surface area contributed by atoms with Crippen molar-refractivity contribution in [3.63, 3.8) is 0 Å². The lowest BCUT2D eigenvalue weighted by molar-refractivity contribution is -0.116. The highest BCUT2D eigenvalue weighted by Gasteiger charge is 2.29. The molecule has 9 heteroatoms. The Hall–Kier alpha value is -3.69. The van der Waals surface area contributed by atoms with Crippen molar-refractivity contribution in [2.24, 2.45) is 5.16 Å². The molecule has 3 N–H and O–H groups in total. The van der Waals surface area contributed by atoms with Crippen molar-refractivity contribution in [3.05, 3.63) is 71.5 Å². The predicted molar refractivity (Wildman–Crippen MR) is 141 cm³/mol. The standard InChI is InChI=1S/C29H32FN3O5/c30-23-8-6-20-15-19(3-5-21(20)16-23)4-9-24(32-36)29(35)31-25(18-33-11-1-2-12-33)28(34)22-7-10-26-27(17-22)38-14-13-37-26/h3,5-8,10,15-17,25,28,34,36H,1-2,4,9,11-14,18H2,(H,31,35)/b32-24+/t25-,28-/m1/s1. The molecule has 2 heterocycles. The van der Waals surface area contributed by atoms with Gasteiger partial charge in [0.2, 0.25) is 0 Å². The summed E-state index contributed by atoms with van der Waals surface area (Å²) in [6.45, 7) is 3.16. The molecule has 0 spiro atoms. The zero-order valence-corrected chi connectivity index (χ0v) is 21.1. The fraction of sp³-hybridized carbons (Fsp3) is 0.379. The van der Waals surface area contributed by atoms with Gasteiger partial charge >= 0.3 is 0 Å². The molecule has 1 saturated heterocycles. The number of carbonyl (C=O) groups excluding carboxylic acids is 1. The largest absolute Gasteiger partial charge is 0.486 e. The summed E-state index contributed by atoms with van der Waals surface area (Å²) in [4.78, 5) is 15.4. The number of benzene rings is 3. The van der Waals surface area contributed by atoms with Gasteiger partial charge in [0.25, 0.3) is 5.91 Å². The van der Waals surface area contributed by atoms with Crippen molar-refractivity contribution in [3.8, 4) is 11.5 Å². The maximum absolute atomic E-state index is 13.5. The first kappa shape index (κ1) is 25.9. The van der Waals surface area contributed by atoms with E-state index in [0.717, 1.165) is 42.3 Å². The molecule has 2 aliphatic rings. The van der Waals surface area contributed by atoms with Crippen LogP contribution in [0.2, 0.25) is 0 Å². The average molecular weight is 522 g/mol. The van der Waals surface area contributed by atoms with Crippen LogP contribution in [0.4, 0.5) is 4.39 Å². The third-order valence-electron chi connectivity index (χ3n) is 7.16. The Labute approximate surface area is 220 Å². The molecule has 0 radical (unpaired) electrons. The molecule has 0 bridgehead atoms. The number of ether oxygens (including phenoxy) is 2. The second kappa shape index (κ2) is 11.8. The first-order valence-electron chi connectivity index (χ1n) is 13.0. The highest BCUT2D eigenvalue weighted by molar-refractivity contribution is 6.38. The molecule has 2 atom stereocenters. The number of amides is 1. The fourth-order valence-corrected chi connectivity index (χ4v) is 5.09. The van der Waals surface area contributed by atoms with Crippen LogP contribution in [-0.2, 0) is 11.2 Å². The Bertz CT molecular complexity index is 1320. The van der Waals surface area contributed by atoms with Crippen LogP contribution in [0.5, 0.6) is 11.5 Å². The number of aliphatic hydroxyl groups is 1. The summed E-state index contributed by atoms with van der Waals surface area (Å²) < 4.78 is 24.7. The van der Waals surface area contributed by atoms with E-state index in [4.69, 9.17) is 9.47 Å². The maximum atomic E-state index is 13.5. The summed E-state index contributed by atoms with van der Waals surface area (Å²) in [5.41, 5.74) is 1.52. The lowest BCUT2D eigenvalue weighted by Gasteiger charge is -2.29. The van der Waals surface area contributed by atoms with Gasteiger partial charge in [0.05, 0.1) is 6.04 Å². The van der Waals surface area contributed by atoms with Crippen LogP contribution < -0.4 is 14.8 Å². The van der Waals surface area contributed by atoms with Crippen molar-refractivity contribution in [2.45, 2.75) is 37.8 Å². The normalized spacial score (nSPS) is 17.4. The van der Waals surface area contributed by atoms with Crippen LogP contribution in [0.3, 0.4) is 0 Å². The number of carbonyl (C=O) groups is 1. The lowest BCUT2D eigenvalue weighted by atomic mass is 9.99. The van der Waals surface area contributed by atoms with Gasteiger partial charge in [-0.1, -0.05) is 35.5 Å². The Morgan fingerprint density at radius 1 is 1.00 bits per heavy atom. The summed E-state index contributed by atoms with van der Waals surface area (Å²) in [6, 6.07) is 14.9. The Morgan fingerprint density at radius 2 is 1.74 bits per heavy atom. The first-order valence-corrected chi connectivity index (χ1v) is 13.0. The lowest BCUT2D eigenvalue weighted by Crippen LogP contribution is -2.48. The quantitative estimate of drug-likeness (QED) is 0.225. The van der Waals surface area contributed by atoms with Crippen LogP contribution in [0.15, 0.2) is 59.8 Å². The van der Waals surface area contributed by atoms with Crippen LogP contribution in [0.1, 0.15) is 36.5 Å². The summed E-state index contributed by atoms with van der Waals surface area (Å²) in [5.74, 6) is 0.366. The van der Waals surface area contributed by atoms with Crippen molar-refractivity contribution in [1.29, 1.82) is 0 Å². The highest BCUT2D eigenvalue weighted by Crippen LogP contribution is 2.33. The SMILES string of the molecule is O=C(N[C@H](CN1CCCC1)[C@H](O)c1ccc2c(c1)OCCO2)/C(CCc1ccc2cc(F)ccc2c1)=N/O. The summed E-state index contributed by atoms with van der Waals surface area (Å²) in [7, 11) is 0. The molecule has 38 heavy (non-hydrogen) atoms. The Kier molecular flexibility index (Phi) is 8.05. The molecular weight excluding hydrogens is 489 g/mol. The summed E-state index contributed by atoms with van der Waals surface area (Å²) in [5, 5.41) is 28.8. The highest BCUT2D eigenvalue weighted by atomic mass is 19.1. The molecule has 5 rings (SSSR count). The van der Waals surface area contributed by atoms with Gasteiger partial charge in [-0.15, -0.1) is 0 Å². The fourth-order valence-electron chi connectivity index (χ4n) is 5.09. The van der Waals surface area contributed by atoms with E-state index in [2.05, 4.69) is 15.4 Å². The van der Waals surface area contributed by atoms with E-state index in [1.54, 1.807) is 24.3 Å². The minimum atomic E-state index is -1.00. The number of oxime groups is 1. The zero-order valence-electron chi connectivity index (χ0n) is 21.1. The molecule has 1 fully saturated rings. The minimum Gasteiger partial charge on any atom is -0.486 e. The van der Waals surface area contributed by atoms with Crippen LogP contribution in [-0.4, -0.2) is 65.7 Å². The number of aryl methyl sites for hydroxylation is 1. The third-order valence-corrected chi connectivity index (χ3v) is 7.16. The number of hydrogen-bond acceptors (Lipinski definition) is 7. The smallest absolute Gasteiger partial charge is 0.269 e. The Morgan fingerprint density at radius 3 is 2.53 bits per heavy atom. The van der Waals surface area contributed by atoms with Gasteiger partial charge in [0.15, 0.2) is 11.5 Å². The van der Waals surface area contributed by atoms with Gasteiger partial charge < -0.3 is 30.0 Å². The molecule has 2 aliphatic heterocycles. The van der Waals surface area contributed by atoms with Gasteiger partial charge in [0.1, 0.15) is 30.8 Å². The van der Waals surface area contributed by atoms with Crippen molar-refractivity contribution in [1.82, 2.24) is 10.2 Å². The monoisotopic (exact) mass is 521 g/mol. The van der Waals surface area contributed by atoms with E-state index in [1.807, 2.05) is 18.2 Å². The van der Waals surface area contributed by atoms with E-state index in [1.165, 1.54) is 12.1 Å². The number of nitrogens with one attached hydrogen (secondary N) is 1. The summed E-state index contributed by atoms with van der Waals surface area (Å²) >= 11 is 0. The molecule has 0 unspecified atom stereocenters. The second-order valence-corrected chi connectivity index (χ2v) is 9.81. The van der Waals surface area contributed by atoms with E-state index in [-0.39, 0.29) is 17.9 Å². The number of fused-ring (bicyclic) bond motifs is 2. The van der Waals surface area contributed by atoms with E-state index < -0.39 is 18.1 Å². The number of aliphatic hydroxyl groups excluding tert-OH is 1. The maximum Gasteiger partial charge on any atom is 0.269 e. The van der Waals surface area contributed by atoms with Crippen molar-refractivity contribution >= 4 is 22.4 Å². The topological polar surface area (TPSA) is 104 Å². The van der Waals surface area contributed by atoms with E-state index >= 15 is 0 Å². The van der Waals surface area contributed by atoms with E-state index in [0.29, 0.717) is 43.2 Å². The van der Waals surface area contributed by atoms with Gasteiger partial charge in [-0.25, -0.2) is 4.39 Å². The van der Waals surface area contributed by atoms with Gasteiger partial charge in [-0.3, -0.25) is 4.79 Å². The molecule has 0 aliphatic carbocycles. The number of hydrogen-bond donors (Lipinski definition) is 3. The van der Waals surface area contributed by atoms with Gasteiger partial charge in [-0.05, 0) is 78.5 Å². The van der Waals surface area contributed by atoms with Crippen molar-refractivity contribution in [2.75, 3.05) is 32.8 Å². The zero-order chi connectivity index (χ0) is 26.5. The number of likely N-dealkylation sites (tertiary alicyclic amines) is 1. The first-order chi connectivity index (χ1) is 18.5. The Balaban J connectivity index is 1.28. The summed E-state index contributed by atoms with van der Waals surface area (Å²) in [6.07, 6.45) is 1.80. The van der Waals surface area contributed by atoms with E-state index in [9.17, 15) is 19.5 Å². The van der Waals surface area contributed by atoms with Crippen molar-refractivity contribution < 1.29 is 29.0 Å². The molecule has 0 aromatic heterocycles. The molecule has 3 aromatic rings. The molecule has 200 valence electrons. The molecule has 3 aromatic carbocycles. The molecule has 8 nitrogen and oxygen atoms in total.